The van der Waals surface area contributed by atoms with Crippen molar-refractivity contribution in [3.05, 3.63) is 37.8 Å². The van der Waals surface area contributed by atoms with Crippen LogP contribution in [0.4, 0.5) is 0 Å². The van der Waals surface area contributed by atoms with Crippen LogP contribution in [0.2, 0.25) is 0 Å². The van der Waals surface area contributed by atoms with Gasteiger partial charge in [-0.3, -0.25) is 4.79 Å². The van der Waals surface area contributed by atoms with E-state index in [0.29, 0.717) is 13.0 Å². The van der Waals surface area contributed by atoms with E-state index in [-0.39, 0.29) is 17.5 Å². The van der Waals surface area contributed by atoms with Crippen LogP contribution in [-0.4, -0.2) is 23.3 Å². The average molecular weight is 207 g/mol. The molecule has 1 aliphatic heterocycles. The van der Waals surface area contributed by atoms with Crippen LogP contribution < -0.4 is 0 Å². The molecule has 0 saturated carbocycles. The number of carbonyl (C=O) groups is 2. The number of carbonyl (C=O) groups excluding carboxylic acids is 2. The number of likely N-dealkylation sites (tertiary alicyclic amines) is 1. The standard InChI is InChI=1S/C11H13NO3/c1-4-9-6-7-12(10(9)13)8(3)11(14)15-5-2/h4-5,9H,1-3,6-7H2. The summed E-state index contributed by atoms with van der Waals surface area (Å²) in [5, 5.41) is 0. The molecular weight excluding hydrogens is 194 g/mol. The molecule has 1 heterocycles. The maximum Gasteiger partial charge on any atom is 0.359 e. The van der Waals surface area contributed by atoms with Crippen molar-refractivity contribution in [3.8, 4) is 0 Å². The Morgan fingerprint density at radius 2 is 2.20 bits per heavy atom. The first-order valence-corrected chi connectivity index (χ1v) is 4.56. The first-order valence-electron chi connectivity index (χ1n) is 4.56. The Hall–Kier alpha value is -1.84. The normalized spacial score (nSPS) is 19.9. The van der Waals surface area contributed by atoms with Gasteiger partial charge in [-0.2, -0.15) is 0 Å². The van der Waals surface area contributed by atoms with Gasteiger partial charge >= 0.3 is 5.97 Å². The molecular formula is C11H13NO3. The Labute approximate surface area is 88.5 Å². The Bertz CT molecular complexity index is 333. The minimum atomic E-state index is -0.650. The molecule has 0 aliphatic carbocycles. The van der Waals surface area contributed by atoms with Crippen LogP contribution in [0.5, 0.6) is 0 Å². The monoisotopic (exact) mass is 207 g/mol. The number of ether oxygens (including phenoxy) is 1. The second kappa shape index (κ2) is 4.59. The predicted molar refractivity (Wildman–Crippen MR) is 55.4 cm³/mol. The Morgan fingerprint density at radius 3 is 2.67 bits per heavy atom. The average Bonchev–Trinajstić information content (AvgIpc) is 2.59. The van der Waals surface area contributed by atoms with Gasteiger partial charge in [0.25, 0.3) is 0 Å². The number of esters is 1. The summed E-state index contributed by atoms with van der Waals surface area (Å²) in [6.07, 6.45) is 3.25. The van der Waals surface area contributed by atoms with Crippen LogP contribution in [0.1, 0.15) is 6.42 Å². The third-order valence-electron chi connectivity index (χ3n) is 2.28. The number of rotatable bonds is 4. The Balaban J connectivity index is 2.70. The van der Waals surface area contributed by atoms with Crippen LogP contribution in [-0.2, 0) is 14.3 Å². The minimum Gasteiger partial charge on any atom is -0.430 e. The van der Waals surface area contributed by atoms with Gasteiger partial charge in [0.15, 0.2) is 0 Å². The van der Waals surface area contributed by atoms with E-state index in [1.165, 1.54) is 4.90 Å². The molecule has 1 aliphatic rings. The molecule has 15 heavy (non-hydrogen) atoms. The lowest BCUT2D eigenvalue weighted by Crippen LogP contribution is -2.30. The quantitative estimate of drug-likeness (QED) is 0.301. The predicted octanol–water partition coefficient (Wildman–Crippen LogP) is 1.22. The zero-order chi connectivity index (χ0) is 11.4. The lowest BCUT2D eigenvalue weighted by Gasteiger charge is -2.16. The summed E-state index contributed by atoms with van der Waals surface area (Å²) in [5.41, 5.74) is 0.0456. The van der Waals surface area contributed by atoms with Crippen molar-refractivity contribution in [3.63, 3.8) is 0 Å². The van der Waals surface area contributed by atoms with Crippen molar-refractivity contribution >= 4 is 11.9 Å². The topological polar surface area (TPSA) is 46.6 Å². The highest BCUT2D eigenvalue weighted by Gasteiger charge is 2.33. The highest BCUT2D eigenvalue weighted by Crippen LogP contribution is 2.22. The van der Waals surface area contributed by atoms with Gasteiger partial charge in [0.2, 0.25) is 5.91 Å². The second-order valence-corrected chi connectivity index (χ2v) is 3.14. The van der Waals surface area contributed by atoms with E-state index in [9.17, 15) is 9.59 Å². The van der Waals surface area contributed by atoms with Crippen LogP contribution in [0, 0.1) is 5.92 Å². The summed E-state index contributed by atoms with van der Waals surface area (Å²) in [5.74, 6) is -1.03. The molecule has 1 unspecified atom stereocenters. The molecule has 0 aromatic carbocycles. The molecule has 0 N–H and O–H groups in total. The van der Waals surface area contributed by atoms with E-state index in [0.717, 1.165) is 6.26 Å². The van der Waals surface area contributed by atoms with E-state index in [1.807, 2.05) is 0 Å². The van der Waals surface area contributed by atoms with Gasteiger partial charge in [-0.25, -0.2) is 4.79 Å². The third-order valence-corrected chi connectivity index (χ3v) is 2.28. The zero-order valence-corrected chi connectivity index (χ0v) is 8.44. The van der Waals surface area contributed by atoms with E-state index < -0.39 is 5.97 Å². The van der Waals surface area contributed by atoms with E-state index >= 15 is 0 Å². The highest BCUT2D eigenvalue weighted by molar-refractivity contribution is 5.95. The molecule has 4 nitrogen and oxygen atoms in total. The fourth-order valence-corrected chi connectivity index (χ4v) is 1.44. The molecule has 4 heteroatoms. The molecule has 0 aromatic rings. The molecule has 0 bridgehead atoms. The summed E-state index contributed by atoms with van der Waals surface area (Å²) in [6, 6.07) is 0. The third kappa shape index (κ3) is 2.15. The number of nitrogens with zero attached hydrogens (tertiary/aromatic N) is 1. The second-order valence-electron chi connectivity index (χ2n) is 3.14. The van der Waals surface area contributed by atoms with Gasteiger partial charge in [0.05, 0.1) is 12.2 Å². The molecule has 80 valence electrons. The van der Waals surface area contributed by atoms with Gasteiger partial charge in [-0.05, 0) is 6.42 Å². The summed E-state index contributed by atoms with van der Waals surface area (Å²) in [6.45, 7) is 10.8. The summed E-state index contributed by atoms with van der Waals surface area (Å²) >= 11 is 0. The Kier molecular flexibility index (Phi) is 3.44. The lowest BCUT2D eigenvalue weighted by atomic mass is 10.1. The maximum absolute atomic E-state index is 11.6. The molecule has 1 fully saturated rings. The van der Waals surface area contributed by atoms with Crippen LogP contribution in [0.3, 0.4) is 0 Å². The van der Waals surface area contributed by atoms with Crippen molar-refractivity contribution in [2.75, 3.05) is 6.54 Å². The number of amides is 1. The lowest BCUT2D eigenvalue weighted by molar-refractivity contribution is -0.139. The fourth-order valence-electron chi connectivity index (χ4n) is 1.44. The van der Waals surface area contributed by atoms with Crippen molar-refractivity contribution in [1.29, 1.82) is 0 Å². The molecule has 1 rings (SSSR count). The van der Waals surface area contributed by atoms with Gasteiger partial charge in [0, 0.05) is 6.54 Å². The largest absolute Gasteiger partial charge is 0.430 e. The summed E-state index contributed by atoms with van der Waals surface area (Å²) < 4.78 is 4.54. The summed E-state index contributed by atoms with van der Waals surface area (Å²) in [4.78, 5) is 24.2. The van der Waals surface area contributed by atoms with Gasteiger partial charge in [-0.15, -0.1) is 6.58 Å². The van der Waals surface area contributed by atoms with Crippen LogP contribution >= 0.6 is 0 Å². The van der Waals surface area contributed by atoms with Crippen molar-refractivity contribution in [1.82, 2.24) is 4.90 Å². The zero-order valence-electron chi connectivity index (χ0n) is 8.44. The molecule has 1 atom stereocenters. The smallest absolute Gasteiger partial charge is 0.359 e. The first kappa shape index (κ1) is 11.2. The summed E-state index contributed by atoms with van der Waals surface area (Å²) in [7, 11) is 0. The van der Waals surface area contributed by atoms with Crippen molar-refractivity contribution < 1.29 is 14.3 Å². The van der Waals surface area contributed by atoms with E-state index in [4.69, 9.17) is 0 Å². The first-order chi connectivity index (χ1) is 7.11. The Morgan fingerprint density at radius 1 is 1.53 bits per heavy atom. The maximum atomic E-state index is 11.6. The molecule has 1 saturated heterocycles. The van der Waals surface area contributed by atoms with Crippen LogP contribution in [0.25, 0.3) is 0 Å². The number of hydrogen-bond donors (Lipinski definition) is 0. The van der Waals surface area contributed by atoms with Crippen LogP contribution in [0.15, 0.2) is 37.8 Å². The van der Waals surface area contributed by atoms with E-state index in [2.05, 4.69) is 24.5 Å². The van der Waals surface area contributed by atoms with Crippen molar-refractivity contribution in [2.45, 2.75) is 6.42 Å². The molecule has 1 amide bonds. The molecule has 0 radical (unpaired) electrons. The van der Waals surface area contributed by atoms with Gasteiger partial charge in [-0.1, -0.05) is 19.2 Å². The molecule has 0 spiro atoms. The van der Waals surface area contributed by atoms with Gasteiger partial charge < -0.3 is 9.64 Å². The van der Waals surface area contributed by atoms with Gasteiger partial charge in [0.1, 0.15) is 5.70 Å². The van der Waals surface area contributed by atoms with Crippen molar-refractivity contribution in [2.24, 2.45) is 5.92 Å². The van der Waals surface area contributed by atoms with E-state index in [1.54, 1.807) is 6.08 Å². The minimum absolute atomic E-state index is 0.0456. The number of hydrogen-bond acceptors (Lipinski definition) is 3. The highest BCUT2D eigenvalue weighted by atomic mass is 16.5. The fraction of sp³-hybridized carbons (Fsp3) is 0.273. The SMILES string of the molecule is C=COC(=O)C(=C)N1CCC(C=C)C1=O. The molecule has 0 aromatic heterocycles.